The molecular weight excluding hydrogens is 404 g/mol. The molecule has 0 atom stereocenters. The number of esters is 1. The van der Waals surface area contributed by atoms with Gasteiger partial charge in [-0.25, -0.2) is 0 Å². The topological polar surface area (TPSA) is 26.3 Å². The highest BCUT2D eigenvalue weighted by Gasteiger charge is 2.30. The van der Waals surface area contributed by atoms with E-state index in [9.17, 15) is 4.79 Å². The molecule has 0 unspecified atom stereocenters. The van der Waals surface area contributed by atoms with E-state index in [-0.39, 0.29) is 5.97 Å². The zero-order valence-corrected chi connectivity index (χ0v) is 21.7. The lowest BCUT2D eigenvalue weighted by Crippen LogP contribution is -2.26. The SMILES string of the molecule is CCCCCCC[C@H]1CC[C@H]([C@H]2CC[C@H](CCc3ccc(OC(=O)CCC)cc3)CC2)CC1. The lowest BCUT2D eigenvalue weighted by Gasteiger charge is -2.38. The Balaban J connectivity index is 1.28. The van der Waals surface area contributed by atoms with Crippen molar-refractivity contribution in [1.29, 1.82) is 0 Å². The van der Waals surface area contributed by atoms with Gasteiger partial charge in [-0.15, -0.1) is 0 Å². The summed E-state index contributed by atoms with van der Waals surface area (Å²) in [6.45, 7) is 4.31. The van der Waals surface area contributed by atoms with Crippen molar-refractivity contribution in [2.75, 3.05) is 0 Å². The summed E-state index contributed by atoms with van der Waals surface area (Å²) in [5.74, 6) is 4.56. The summed E-state index contributed by atoms with van der Waals surface area (Å²) in [4.78, 5) is 11.6. The summed E-state index contributed by atoms with van der Waals surface area (Å²) in [6, 6.07) is 8.20. The number of rotatable bonds is 13. The highest BCUT2D eigenvalue weighted by molar-refractivity contribution is 5.72. The largest absolute Gasteiger partial charge is 0.427 e. The minimum Gasteiger partial charge on any atom is -0.427 e. The van der Waals surface area contributed by atoms with Crippen LogP contribution in [-0.4, -0.2) is 5.97 Å². The van der Waals surface area contributed by atoms with Crippen LogP contribution in [0.15, 0.2) is 24.3 Å². The molecular formula is C31H50O2. The molecule has 0 N–H and O–H groups in total. The van der Waals surface area contributed by atoms with Gasteiger partial charge in [-0.3, -0.25) is 4.79 Å². The number of hydrogen-bond donors (Lipinski definition) is 0. The molecule has 0 heterocycles. The van der Waals surface area contributed by atoms with Gasteiger partial charge in [0.25, 0.3) is 0 Å². The van der Waals surface area contributed by atoms with Gasteiger partial charge in [0.05, 0.1) is 0 Å². The maximum atomic E-state index is 11.6. The Morgan fingerprint density at radius 1 is 0.727 bits per heavy atom. The van der Waals surface area contributed by atoms with E-state index in [1.807, 2.05) is 19.1 Å². The van der Waals surface area contributed by atoms with Gasteiger partial charge in [0.15, 0.2) is 0 Å². The van der Waals surface area contributed by atoms with Crippen molar-refractivity contribution in [3.05, 3.63) is 29.8 Å². The summed E-state index contributed by atoms with van der Waals surface area (Å²) < 4.78 is 5.37. The molecule has 0 saturated heterocycles. The van der Waals surface area contributed by atoms with Gasteiger partial charge in [0.2, 0.25) is 0 Å². The Kier molecular flexibility index (Phi) is 11.8. The van der Waals surface area contributed by atoms with Crippen molar-refractivity contribution >= 4 is 5.97 Å². The first-order valence-corrected chi connectivity index (χ1v) is 14.5. The first-order chi connectivity index (χ1) is 16.2. The molecule has 2 heteroatoms. The molecule has 0 amide bonds. The average molecular weight is 455 g/mol. The van der Waals surface area contributed by atoms with Crippen LogP contribution >= 0.6 is 0 Å². The molecule has 0 aromatic heterocycles. The Hall–Kier alpha value is -1.31. The molecule has 0 spiro atoms. The zero-order chi connectivity index (χ0) is 23.3. The number of carbonyl (C=O) groups excluding carboxylic acids is 1. The molecule has 2 aliphatic rings. The predicted octanol–water partition coefficient (Wildman–Crippen LogP) is 9.30. The third-order valence-electron chi connectivity index (χ3n) is 8.62. The van der Waals surface area contributed by atoms with Crippen molar-refractivity contribution in [2.24, 2.45) is 23.7 Å². The van der Waals surface area contributed by atoms with Gasteiger partial charge in [0, 0.05) is 6.42 Å². The van der Waals surface area contributed by atoms with E-state index >= 15 is 0 Å². The van der Waals surface area contributed by atoms with E-state index in [1.54, 1.807) is 0 Å². The molecule has 0 aliphatic heterocycles. The van der Waals surface area contributed by atoms with Crippen molar-refractivity contribution < 1.29 is 9.53 Å². The third kappa shape index (κ3) is 9.45. The highest BCUT2D eigenvalue weighted by atomic mass is 16.5. The Labute approximate surface area is 204 Å². The fraction of sp³-hybridized carbons (Fsp3) is 0.774. The predicted molar refractivity (Wildman–Crippen MR) is 140 cm³/mol. The van der Waals surface area contributed by atoms with Gasteiger partial charge in [-0.1, -0.05) is 90.2 Å². The van der Waals surface area contributed by atoms with Crippen LogP contribution in [0.5, 0.6) is 5.75 Å². The fourth-order valence-corrected chi connectivity index (χ4v) is 6.41. The lowest BCUT2D eigenvalue weighted by molar-refractivity contribution is -0.134. The second-order valence-electron chi connectivity index (χ2n) is 11.2. The quantitative estimate of drug-likeness (QED) is 0.169. The number of benzene rings is 1. The van der Waals surface area contributed by atoms with Crippen LogP contribution in [0, 0.1) is 23.7 Å². The molecule has 186 valence electrons. The van der Waals surface area contributed by atoms with Gasteiger partial charge in [-0.2, -0.15) is 0 Å². The summed E-state index contributed by atoms with van der Waals surface area (Å²) in [5.41, 5.74) is 1.38. The second-order valence-corrected chi connectivity index (χ2v) is 11.2. The first kappa shape index (κ1) is 26.3. The monoisotopic (exact) mass is 454 g/mol. The normalized spacial score (nSPS) is 25.6. The molecule has 0 radical (unpaired) electrons. The van der Waals surface area contributed by atoms with E-state index in [1.165, 1.54) is 102 Å². The van der Waals surface area contributed by atoms with E-state index < -0.39 is 0 Å². The maximum Gasteiger partial charge on any atom is 0.311 e. The van der Waals surface area contributed by atoms with E-state index in [2.05, 4.69) is 19.1 Å². The zero-order valence-electron chi connectivity index (χ0n) is 21.7. The lowest BCUT2D eigenvalue weighted by atomic mass is 9.68. The number of aryl methyl sites for hydroxylation is 1. The summed E-state index contributed by atoms with van der Waals surface area (Å²) in [6.07, 6.45) is 24.4. The van der Waals surface area contributed by atoms with Gasteiger partial charge in [-0.05, 0) is 86.3 Å². The van der Waals surface area contributed by atoms with E-state index in [0.29, 0.717) is 12.2 Å². The third-order valence-corrected chi connectivity index (χ3v) is 8.62. The second kappa shape index (κ2) is 14.8. The summed E-state index contributed by atoms with van der Waals surface area (Å²) in [5, 5.41) is 0. The number of unbranched alkanes of at least 4 members (excludes halogenated alkanes) is 4. The van der Waals surface area contributed by atoms with E-state index in [0.717, 1.165) is 36.5 Å². The van der Waals surface area contributed by atoms with Crippen molar-refractivity contribution in [3.63, 3.8) is 0 Å². The van der Waals surface area contributed by atoms with Crippen LogP contribution in [0.3, 0.4) is 0 Å². The standard InChI is InChI=1S/C31H50O2/c1-3-5-6-7-8-10-25-13-19-28(20-14-25)29-21-15-26(16-22-29)11-12-27-17-23-30(24-18-27)33-31(32)9-4-2/h17-18,23-26,28-29H,3-16,19-22H2,1-2H3/t25-,26-,28-,29-. The molecule has 2 fully saturated rings. The first-order valence-electron chi connectivity index (χ1n) is 14.5. The fourth-order valence-electron chi connectivity index (χ4n) is 6.41. The molecule has 2 nitrogen and oxygen atoms in total. The molecule has 2 saturated carbocycles. The minimum absolute atomic E-state index is 0.127. The summed E-state index contributed by atoms with van der Waals surface area (Å²) in [7, 11) is 0. The van der Waals surface area contributed by atoms with Crippen LogP contribution < -0.4 is 4.74 Å². The van der Waals surface area contributed by atoms with Crippen LogP contribution in [0.25, 0.3) is 0 Å². The molecule has 0 bridgehead atoms. The van der Waals surface area contributed by atoms with Gasteiger partial charge in [0.1, 0.15) is 5.75 Å². The number of ether oxygens (including phenoxy) is 1. The van der Waals surface area contributed by atoms with Crippen LogP contribution in [0.1, 0.15) is 129 Å². The Bertz CT molecular complexity index is 648. The molecule has 1 aromatic carbocycles. The molecule has 2 aliphatic carbocycles. The van der Waals surface area contributed by atoms with Gasteiger partial charge < -0.3 is 4.74 Å². The van der Waals surface area contributed by atoms with Crippen molar-refractivity contribution in [1.82, 2.24) is 0 Å². The Morgan fingerprint density at radius 2 is 1.30 bits per heavy atom. The molecule has 1 aromatic rings. The van der Waals surface area contributed by atoms with Crippen LogP contribution in [0.2, 0.25) is 0 Å². The van der Waals surface area contributed by atoms with Crippen molar-refractivity contribution in [2.45, 2.75) is 129 Å². The van der Waals surface area contributed by atoms with Crippen molar-refractivity contribution in [3.8, 4) is 5.75 Å². The molecule has 33 heavy (non-hydrogen) atoms. The minimum atomic E-state index is -0.127. The Morgan fingerprint density at radius 3 is 1.88 bits per heavy atom. The molecule has 3 rings (SSSR count). The van der Waals surface area contributed by atoms with Crippen LogP contribution in [0.4, 0.5) is 0 Å². The highest BCUT2D eigenvalue weighted by Crippen LogP contribution is 2.43. The number of hydrogen-bond acceptors (Lipinski definition) is 2. The van der Waals surface area contributed by atoms with E-state index in [4.69, 9.17) is 4.74 Å². The smallest absolute Gasteiger partial charge is 0.311 e. The maximum absolute atomic E-state index is 11.6. The summed E-state index contributed by atoms with van der Waals surface area (Å²) >= 11 is 0. The number of carbonyl (C=O) groups is 1. The van der Waals surface area contributed by atoms with Crippen LogP contribution in [-0.2, 0) is 11.2 Å². The van der Waals surface area contributed by atoms with Gasteiger partial charge >= 0.3 is 5.97 Å². The average Bonchev–Trinajstić information content (AvgIpc) is 2.84.